The molecule has 20 heavy (non-hydrogen) atoms. The normalized spacial score (nSPS) is 14.7. The van der Waals surface area contributed by atoms with Crippen molar-refractivity contribution >= 4 is 113 Å². The van der Waals surface area contributed by atoms with Crippen LogP contribution in [0.5, 0.6) is 0 Å². The first kappa shape index (κ1) is 23.9. The van der Waals surface area contributed by atoms with Gasteiger partial charge in [-0.15, -0.1) is 14.3 Å². The summed E-state index contributed by atoms with van der Waals surface area (Å²) in [5.41, 5.74) is 0. The van der Waals surface area contributed by atoms with Gasteiger partial charge in [0.05, 0.1) is 12.3 Å². The largest absolute Gasteiger partial charge is 0.345 e. The maximum Gasteiger partial charge on any atom is 0.345 e. The molecule has 10 heteroatoms. The minimum absolute atomic E-state index is 0.755. The molecule has 0 amide bonds. The topological polar surface area (TPSA) is 0 Å². The highest BCUT2D eigenvalue weighted by atomic mass is 80.0. The lowest BCUT2D eigenvalue weighted by Gasteiger charge is -2.45. The van der Waals surface area contributed by atoms with Gasteiger partial charge >= 0.3 is 4.68 Å². The van der Waals surface area contributed by atoms with Crippen molar-refractivity contribution in [2.45, 2.75) is 27.7 Å². The lowest BCUT2D eigenvalue weighted by atomic mass is 10.7. The minimum Gasteiger partial charge on any atom is -0.273 e. The molecule has 0 N–H and O–H groups in total. The monoisotopic (exact) mass is 702 g/mol. The summed E-state index contributed by atoms with van der Waals surface area (Å²) < 4.78 is -1.51. The summed E-state index contributed by atoms with van der Waals surface area (Å²) in [6, 6.07) is 0. The van der Waals surface area contributed by atoms with Crippen LogP contribution in [0.3, 0.4) is 0 Å². The molecule has 0 heterocycles. The molecule has 0 spiro atoms. The first-order valence-electron chi connectivity index (χ1n) is 7.05. The van der Waals surface area contributed by atoms with Gasteiger partial charge in [-0.3, -0.25) is 94.5 Å². The molecule has 0 atom stereocenters. The van der Waals surface area contributed by atoms with Gasteiger partial charge in [0.2, 0.25) is 0 Å². The average Bonchev–Trinajstić information content (AvgIpc) is 2.32. The predicted molar refractivity (Wildman–Crippen MR) is 131 cm³/mol. The fourth-order valence-corrected chi connectivity index (χ4v) is 24.3. The number of rotatable bonds is 9. The third-order valence-corrected chi connectivity index (χ3v) is 30.5. The second-order valence-electron chi connectivity index (χ2n) is 5.23. The zero-order valence-electron chi connectivity index (χ0n) is 12.6. The Kier molecular flexibility index (Phi) is 11.4. The van der Waals surface area contributed by atoms with E-state index in [1.54, 1.807) is 0 Å². The van der Waals surface area contributed by atoms with Crippen molar-refractivity contribution in [2.24, 2.45) is 0 Å². The molecule has 0 radical (unpaired) electrons. The summed E-state index contributed by atoms with van der Waals surface area (Å²) in [6.07, 6.45) is 7.83. The molecule has 122 valence electrons. The Morgan fingerprint density at radius 3 is 0.850 bits per heavy atom. The Morgan fingerprint density at radius 2 is 0.750 bits per heavy atom. The Balaban J connectivity index is 5.29. The fourth-order valence-electron chi connectivity index (χ4n) is 2.60. The van der Waals surface area contributed by atoms with E-state index in [1.165, 1.54) is 37.0 Å². The molecule has 0 aliphatic carbocycles. The molecule has 0 aliphatic heterocycles. The molecular formula is C10H24B2Br6P2. The van der Waals surface area contributed by atoms with Crippen LogP contribution >= 0.6 is 109 Å². The van der Waals surface area contributed by atoms with E-state index in [4.69, 9.17) is 0 Å². The van der Waals surface area contributed by atoms with Crippen LogP contribution in [-0.4, -0.2) is 41.6 Å². The standard InChI is InChI=1S/C10H24B2Br6P2/c1-5-19(6-2,11(13,14)15)9-10-20(7-3,8-4)12(16,17)18/h5-10H2,1-4H3. The second-order valence-corrected chi connectivity index (χ2v) is 34.9. The van der Waals surface area contributed by atoms with Crippen molar-refractivity contribution in [3.05, 3.63) is 0 Å². The van der Waals surface area contributed by atoms with Gasteiger partial charge in [-0.1, -0.05) is 0 Å². The lowest BCUT2D eigenvalue weighted by Crippen LogP contribution is -2.29. The Morgan fingerprint density at radius 1 is 0.550 bits per heavy atom. The quantitative estimate of drug-likeness (QED) is 0.167. The van der Waals surface area contributed by atoms with Crippen LogP contribution in [0.25, 0.3) is 0 Å². The van der Waals surface area contributed by atoms with Gasteiger partial charge in [0.15, 0.2) is 0 Å². The Labute approximate surface area is 176 Å². The van der Waals surface area contributed by atoms with Crippen LogP contribution in [0, 0.1) is 0 Å². The van der Waals surface area contributed by atoms with E-state index in [-0.39, 0.29) is 0 Å². The molecule has 0 saturated carbocycles. The van der Waals surface area contributed by atoms with E-state index in [9.17, 15) is 0 Å². The van der Waals surface area contributed by atoms with Crippen LogP contribution in [0.15, 0.2) is 0 Å². The summed E-state index contributed by atoms with van der Waals surface area (Å²) in [4.78, 5) is 0. The highest BCUT2D eigenvalue weighted by molar-refractivity contribution is 9.77. The third kappa shape index (κ3) is 5.70. The van der Waals surface area contributed by atoms with Crippen LogP contribution in [-0.2, 0) is 0 Å². The van der Waals surface area contributed by atoms with Crippen LogP contribution in [0.1, 0.15) is 27.7 Å². The third-order valence-electron chi connectivity index (χ3n) is 4.75. The zero-order chi connectivity index (χ0) is 16.2. The van der Waals surface area contributed by atoms with Crippen LogP contribution < -0.4 is 0 Å². The summed E-state index contributed by atoms with van der Waals surface area (Å²) >= 11 is 23.5. The molecule has 0 aromatic carbocycles. The number of halogens is 6. The van der Waals surface area contributed by atoms with E-state index in [0.29, 0.717) is 0 Å². The molecule has 0 aromatic rings. The van der Waals surface area contributed by atoms with Gasteiger partial charge in [-0.05, 0) is 27.7 Å². The van der Waals surface area contributed by atoms with Gasteiger partial charge in [0, 0.05) is 24.6 Å². The summed E-state index contributed by atoms with van der Waals surface area (Å²) in [6.45, 7) is 9.41. The van der Waals surface area contributed by atoms with Gasteiger partial charge < -0.3 is 0 Å². The smallest absolute Gasteiger partial charge is 0.273 e. The van der Waals surface area contributed by atoms with E-state index in [2.05, 4.69) is 122 Å². The van der Waals surface area contributed by atoms with E-state index < -0.39 is 19.0 Å². The first-order valence-corrected chi connectivity index (χ1v) is 17.4. The summed E-state index contributed by atoms with van der Waals surface area (Å²) in [5.74, 6) is 0. The fraction of sp³-hybridized carbons (Fsp3) is 1.00. The molecule has 0 fully saturated rings. The molecule has 0 aromatic heterocycles. The molecule has 0 unspecified atom stereocenters. The van der Waals surface area contributed by atoms with Gasteiger partial charge in [0.25, 0.3) is 0 Å². The van der Waals surface area contributed by atoms with Crippen LogP contribution in [0.4, 0.5) is 0 Å². The number of hydrogen-bond donors (Lipinski definition) is 0. The summed E-state index contributed by atoms with van der Waals surface area (Å²) in [7, 11) is -2.09. The van der Waals surface area contributed by atoms with Crippen molar-refractivity contribution in [3.63, 3.8) is 0 Å². The maximum atomic E-state index is 3.91. The molecule has 0 aliphatic rings. The van der Waals surface area contributed by atoms with Gasteiger partial charge in [0.1, 0.15) is 0 Å². The van der Waals surface area contributed by atoms with Crippen molar-refractivity contribution in [1.82, 2.24) is 0 Å². The van der Waals surface area contributed by atoms with Gasteiger partial charge in [-0.2, -0.15) is 0 Å². The van der Waals surface area contributed by atoms with Crippen molar-refractivity contribution < 1.29 is 0 Å². The summed E-state index contributed by atoms with van der Waals surface area (Å²) in [5, 5.41) is 0. The number of hydrogen-bond acceptors (Lipinski definition) is 0. The zero-order valence-corrected chi connectivity index (χ0v) is 23.9. The molecular weight excluding hydrogens is 683 g/mol. The predicted octanol–water partition coefficient (Wildman–Crippen LogP) is 8.34. The van der Waals surface area contributed by atoms with Crippen molar-refractivity contribution in [3.8, 4) is 0 Å². The molecule has 0 nitrogen and oxygen atoms in total. The van der Waals surface area contributed by atoms with Gasteiger partial charge in [-0.25, -0.2) is 0 Å². The van der Waals surface area contributed by atoms with Crippen LogP contribution in [0.2, 0.25) is 0 Å². The van der Waals surface area contributed by atoms with Crippen molar-refractivity contribution in [1.29, 1.82) is 0 Å². The Hall–Kier alpha value is 3.87. The molecule has 0 saturated heterocycles. The molecule has 0 rings (SSSR count). The van der Waals surface area contributed by atoms with E-state index in [1.807, 2.05) is 0 Å². The minimum atomic E-state index is -1.05. The van der Waals surface area contributed by atoms with Crippen molar-refractivity contribution in [2.75, 3.05) is 37.0 Å². The molecule has 0 bridgehead atoms. The highest BCUT2D eigenvalue weighted by Crippen LogP contribution is 2.78. The first-order chi connectivity index (χ1) is 8.95. The SMILES string of the molecule is CC[P+](CC)(CC[P+](CC)(CC)[B-](Br)(Br)Br)[B-](Br)(Br)Br. The Bertz CT molecular complexity index is 267. The lowest BCUT2D eigenvalue weighted by molar-refractivity contribution is 1.30. The average molecular weight is 707 g/mol. The maximum absolute atomic E-state index is 3.91. The second kappa shape index (κ2) is 9.54. The highest BCUT2D eigenvalue weighted by Gasteiger charge is 2.50. The van der Waals surface area contributed by atoms with E-state index >= 15 is 0 Å². The van der Waals surface area contributed by atoms with E-state index in [0.717, 1.165) is 0 Å².